The van der Waals surface area contributed by atoms with Crippen molar-refractivity contribution in [3.8, 4) is 0 Å². The number of para-hydroxylation sites is 2. The Morgan fingerprint density at radius 2 is 2.03 bits per heavy atom. The van der Waals surface area contributed by atoms with Gasteiger partial charge in [-0.15, -0.1) is 0 Å². The minimum absolute atomic E-state index is 0.0226. The normalized spacial score (nSPS) is 22.3. The lowest BCUT2D eigenvalue weighted by Crippen LogP contribution is -2.43. The van der Waals surface area contributed by atoms with Crippen molar-refractivity contribution in [1.82, 2.24) is 19.7 Å². The fourth-order valence-electron chi connectivity index (χ4n) is 4.60. The zero-order valence-electron chi connectivity index (χ0n) is 16.6. The molecule has 0 aliphatic heterocycles. The maximum atomic E-state index is 12.9. The van der Waals surface area contributed by atoms with Crippen LogP contribution < -0.4 is 5.32 Å². The number of aromatic amines is 1. The molecule has 0 bridgehead atoms. The van der Waals surface area contributed by atoms with Gasteiger partial charge in [0.05, 0.1) is 16.6 Å². The average Bonchev–Trinajstić information content (AvgIpc) is 3.11. The third-order valence-corrected chi connectivity index (χ3v) is 6.84. The zero-order chi connectivity index (χ0) is 20.1. The molecule has 1 aliphatic carbocycles. The van der Waals surface area contributed by atoms with Crippen LogP contribution in [0.5, 0.6) is 0 Å². The van der Waals surface area contributed by atoms with E-state index >= 15 is 0 Å². The van der Waals surface area contributed by atoms with Crippen LogP contribution in [0.1, 0.15) is 43.5 Å². The molecule has 0 unspecified atom stereocenters. The van der Waals surface area contributed by atoms with Gasteiger partial charge < -0.3 is 10.3 Å². The van der Waals surface area contributed by atoms with Crippen molar-refractivity contribution in [2.45, 2.75) is 39.2 Å². The topological polar surface area (TPSA) is 62.2 Å². The Labute approximate surface area is 174 Å². The van der Waals surface area contributed by atoms with E-state index in [0.717, 1.165) is 34.0 Å². The number of hydrogen-bond acceptors (Lipinski definition) is 3. The van der Waals surface area contributed by atoms with E-state index in [0.29, 0.717) is 22.2 Å². The molecule has 148 valence electrons. The van der Waals surface area contributed by atoms with Crippen LogP contribution in [0.15, 0.2) is 42.5 Å². The van der Waals surface area contributed by atoms with Crippen molar-refractivity contribution in [3.05, 3.63) is 52.8 Å². The Balaban J connectivity index is 1.55. The molecule has 1 fully saturated rings. The van der Waals surface area contributed by atoms with E-state index in [-0.39, 0.29) is 11.9 Å². The van der Waals surface area contributed by atoms with Gasteiger partial charge in [-0.25, -0.2) is 4.98 Å². The number of carbonyl (C=O) groups is 1. The van der Waals surface area contributed by atoms with E-state index in [4.69, 9.17) is 17.2 Å². The molecule has 29 heavy (non-hydrogen) atoms. The highest BCUT2D eigenvalue weighted by atomic mass is 32.1. The van der Waals surface area contributed by atoms with E-state index in [1.54, 1.807) is 0 Å². The number of benzene rings is 2. The number of nitrogens with one attached hydrogen (secondary N) is 2. The van der Waals surface area contributed by atoms with Gasteiger partial charge in [0.1, 0.15) is 5.65 Å². The lowest BCUT2D eigenvalue weighted by atomic mass is 9.78. The van der Waals surface area contributed by atoms with Gasteiger partial charge in [0.25, 0.3) is 5.91 Å². The molecular weight excluding hydrogens is 380 g/mol. The molecule has 2 N–H and O–H groups in total. The quantitative estimate of drug-likeness (QED) is 0.448. The molecule has 4 aromatic rings. The second-order valence-electron chi connectivity index (χ2n) is 8.30. The average molecular weight is 405 g/mol. The van der Waals surface area contributed by atoms with Crippen molar-refractivity contribution in [3.63, 3.8) is 0 Å². The molecule has 0 radical (unpaired) electrons. The largest absolute Gasteiger partial charge is 0.349 e. The highest BCUT2D eigenvalue weighted by Gasteiger charge is 2.28. The number of fused-ring (bicyclic) bond motifs is 5. The molecule has 0 spiro atoms. The minimum atomic E-state index is -0.0226. The summed E-state index contributed by atoms with van der Waals surface area (Å²) in [6.07, 6.45) is 3.47. The first-order chi connectivity index (χ1) is 14.0. The fourth-order valence-corrected chi connectivity index (χ4v) is 4.90. The van der Waals surface area contributed by atoms with Gasteiger partial charge in [0.2, 0.25) is 0 Å². The second kappa shape index (κ2) is 6.95. The molecule has 5 nitrogen and oxygen atoms in total. The van der Waals surface area contributed by atoms with Gasteiger partial charge in [0.15, 0.2) is 4.77 Å². The number of imidazole rings is 1. The van der Waals surface area contributed by atoms with Crippen LogP contribution in [0.3, 0.4) is 0 Å². The molecule has 0 saturated heterocycles. The zero-order valence-corrected chi connectivity index (χ0v) is 17.4. The lowest BCUT2D eigenvalue weighted by Gasteiger charge is -2.34. The summed E-state index contributed by atoms with van der Waals surface area (Å²) in [5.41, 5.74) is 4.17. The Kier molecular flexibility index (Phi) is 4.39. The van der Waals surface area contributed by atoms with Crippen molar-refractivity contribution in [2.24, 2.45) is 11.8 Å². The molecule has 2 aromatic carbocycles. The third kappa shape index (κ3) is 3.02. The number of rotatable bonds is 2. The standard InChI is InChI=1S/C23H24N4OS/c1-13-6-5-8-17(14(13)2)25-22(28)15-10-11-16-19(12-15)26-23(29)27-20-9-4-3-7-18(20)24-21(16)27/h3-4,7,9-14,17H,5-6,8H2,1-2H3,(H,25,28)(H,26,29)/t13-,14+,17-/m1/s1. The number of carbonyl (C=O) groups excluding carboxylic acids is 1. The van der Waals surface area contributed by atoms with Crippen LogP contribution >= 0.6 is 12.2 Å². The predicted octanol–water partition coefficient (Wildman–Crippen LogP) is 5.25. The summed E-state index contributed by atoms with van der Waals surface area (Å²) in [6, 6.07) is 13.9. The van der Waals surface area contributed by atoms with Crippen LogP contribution in [0, 0.1) is 16.6 Å². The molecular formula is C23H24N4OS. The SMILES string of the molecule is C[C@H]1[C@H](C)CCC[C@H]1NC(=O)c1ccc2c(c1)[nH]c(=S)n1c3ccccc3nc21. The smallest absolute Gasteiger partial charge is 0.251 e. The first kappa shape index (κ1) is 18.3. The number of hydrogen-bond donors (Lipinski definition) is 2. The lowest BCUT2D eigenvalue weighted by molar-refractivity contribution is 0.0891. The summed E-state index contributed by atoms with van der Waals surface area (Å²) >= 11 is 5.60. The van der Waals surface area contributed by atoms with Gasteiger partial charge in [-0.2, -0.15) is 0 Å². The van der Waals surface area contributed by atoms with Crippen LogP contribution in [-0.2, 0) is 0 Å². The maximum absolute atomic E-state index is 12.9. The first-order valence-corrected chi connectivity index (χ1v) is 10.7. The van der Waals surface area contributed by atoms with Gasteiger partial charge in [-0.3, -0.25) is 9.20 Å². The van der Waals surface area contributed by atoms with Crippen LogP contribution in [0.25, 0.3) is 27.6 Å². The van der Waals surface area contributed by atoms with Crippen LogP contribution in [-0.4, -0.2) is 26.3 Å². The van der Waals surface area contributed by atoms with E-state index in [2.05, 4.69) is 24.1 Å². The van der Waals surface area contributed by atoms with Gasteiger partial charge in [-0.05, 0) is 60.8 Å². The molecule has 1 amide bonds. The second-order valence-corrected chi connectivity index (χ2v) is 8.68. The number of aromatic nitrogens is 3. The van der Waals surface area contributed by atoms with Gasteiger partial charge in [0, 0.05) is 17.0 Å². The summed E-state index contributed by atoms with van der Waals surface area (Å²) in [7, 11) is 0. The molecule has 3 atom stereocenters. The molecule has 1 saturated carbocycles. The van der Waals surface area contributed by atoms with Crippen molar-refractivity contribution >= 4 is 45.7 Å². The van der Waals surface area contributed by atoms with Gasteiger partial charge in [-0.1, -0.05) is 38.8 Å². The fraction of sp³-hybridized carbons (Fsp3) is 0.348. The molecule has 6 heteroatoms. The predicted molar refractivity (Wildman–Crippen MR) is 119 cm³/mol. The molecule has 2 heterocycles. The molecule has 5 rings (SSSR count). The monoisotopic (exact) mass is 404 g/mol. The van der Waals surface area contributed by atoms with Crippen molar-refractivity contribution in [2.75, 3.05) is 0 Å². The summed E-state index contributed by atoms with van der Waals surface area (Å²) in [4.78, 5) is 21.0. The minimum Gasteiger partial charge on any atom is -0.349 e. The van der Waals surface area contributed by atoms with Crippen LogP contribution in [0.2, 0.25) is 0 Å². The van der Waals surface area contributed by atoms with Gasteiger partial charge >= 0.3 is 0 Å². The van der Waals surface area contributed by atoms with Crippen LogP contribution in [0.4, 0.5) is 0 Å². The van der Waals surface area contributed by atoms with Crippen molar-refractivity contribution < 1.29 is 4.79 Å². The number of amides is 1. The maximum Gasteiger partial charge on any atom is 0.251 e. The Bertz CT molecular complexity index is 1300. The Hall–Kier alpha value is -2.73. The summed E-state index contributed by atoms with van der Waals surface area (Å²) in [5, 5.41) is 4.20. The number of nitrogens with zero attached hydrogens (tertiary/aromatic N) is 2. The Morgan fingerprint density at radius 3 is 2.90 bits per heavy atom. The third-order valence-electron chi connectivity index (χ3n) is 6.55. The highest BCUT2D eigenvalue weighted by molar-refractivity contribution is 7.71. The van der Waals surface area contributed by atoms with E-state index in [1.165, 1.54) is 12.8 Å². The molecule has 2 aromatic heterocycles. The van der Waals surface area contributed by atoms with E-state index in [9.17, 15) is 4.79 Å². The molecule has 1 aliphatic rings. The van der Waals surface area contributed by atoms with Crippen molar-refractivity contribution in [1.29, 1.82) is 0 Å². The summed E-state index contributed by atoms with van der Waals surface area (Å²) in [6.45, 7) is 4.52. The van der Waals surface area contributed by atoms with E-state index in [1.807, 2.05) is 46.9 Å². The van der Waals surface area contributed by atoms with E-state index < -0.39 is 0 Å². The Morgan fingerprint density at radius 1 is 1.21 bits per heavy atom. The number of H-pyrrole nitrogens is 1. The summed E-state index contributed by atoms with van der Waals surface area (Å²) in [5.74, 6) is 1.12. The first-order valence-electron chi connectivity index (χ1n) is 10.3. The summed E-state index contributed by atoms with van der Waals surface area (Å²) < 4.78 is 2.53. The highest BCUT2D eigenvalue weighted by Crippen LogP contribution is 2.30.